The predicted molar refractivity (Wildman–Crippen MR) is 77.9 cm³/mol. The van der Waals surface area contributed by atoms with Gasteiger partial charge in [-0.15, -0.1) is 0 Å². The first kappa shape index (κ1) is 16.0. The van der Waals surface area contributed by atoms with Crippen LogP contribution >= 0.6 is 0 Å². The van der Waals surface area contributed by atoms with E-state index in [-0.39, 0.29) is 11.9 Å². The van der Waals surface area contributed by atoms with Crippen LogP contribution in [-0.4, -0.2) is 54.7 Å². The molecule has 0 saturated carbocycles. The van der Waals surface area contributed by atoms with Crippen molar-refractivity contribution in [1.29, 1.82) is 0 Å². The zero-order chi connectivity index (χ0) is 15.3. The van der Waals surface area contributed by atoms with Gasteiger partial charge in [-0.3, -0.25) is 4.98 Å². The largest absolute Gasteiger partial charge is 0.480 e. The Morgan fingerprint density at radius 1 is 1.38 bits per heavy atom. The highest BCUT2D eigenvalue weighted by molar-refractivity contribution is 7.89. The molecule has 8 heteroatoms. The van der Waals surface area contributed by atoms with Crippen molar-refractivity contribution in [2.24, 2.45) is 0 Å². The van der Waals surface area contributed by atoms with Crippen LogP contribution in [0.15, 0.2) is 12.4 Å². The lowest BCUT2D eigenvalue weighted by molar-refractivity contribution is 0.123. The molecule has 0 aromatic carbocycles. The number of methoxy groups -OCH3 is 1. The quantitative estimate of drug-likeness (QED) is 0.781. The molecule has 1 aliphatic rings. The van der Waals surface area contributed by atoms with Gasteiger partial charge in [0.2, 0.25) is 21.8 Å². The van der Waals surface area contributed by atoms with E-state index in [1.54, 1.807) is 0 Å². The molecule has 0 aliphatic carbocycles. The molecule has 0 amide bonds. The molecule has 21 heavy (non-hydrogen) atoms. The molecule has 1 atom stereocenters. The summed E-state index contributed by atoms with van der Waals surface area (Å²) in [4.78, 5) is 8.11. The Balaban J connectivity index is 2.01. The van der Waals surface area contributed by atoms with Crippen LogP contribution in [0, 0.1) is 0 Å². The summed E-state index contributed by atoms with van der Waals surface area (Å²) >= 11 is 0. The smallest absolute Gasteiger partial charge is 0.235 e. The van der Waals surface area contributed by atoms with Gasteiger partial charge in [0.15, 0.2) is 0 Å². The molecule has 1 aromatic rings. The molecule has 0 radical (unpaired) electrons. The number of piperidine rings is 1. The third kappa shape index (κ3) is 4.28. The zero-order valence-corrected chi connectivity index (χ0v) is 13.2. The van der Waals surface area contributed by atoms with Crippen LogP contribution in [0.3, 0.4) is 0 Å². The van der Waals surface area contributed by atoms with Crippen molar-refractivity contribution in [2.75, 3.05) is 26.0 Å². The molecule has 1 aromatic heterocycles. The second kappa shape index (κ2) is 7.04. The fraction of sp³-hybridized carbons (Fsp3) is 0.692. The molecule has 7 nitrogen and oxygen atoms in total. The van der Waals surface area contributed by atoms with Gasteiger partial charge in [0.25, 0.3) is 0 Å². The monoisotopic (exact) mass is 315 g/mol. The van der Waals surface area contributed by atoms with Crippen LogP contribution in [0.25, 0.3) is 0 Å². The number of ether oxygens (including phenoxy) is 2. The number of hydrogen-bond acceptors (Lipinski definition) is 6. The second-order valence-electron chi connectivity index (χ2n) is 4.96. The molecule has 1 fully saturated rings. The van der Waals surface area contributed by atoms with Crippen LogP contribution < -0.4 is 9.47 Å². The Morgan fingerprint density at radius 3 is 2.86 bits per heavy atom. The Bertz CT molecular complexity index is 564. The molecule has 118 valence electrons. The summed E-state index contributed by atoms with van der Waals surface area (Å²) in [6.07, 6.45) is 4.99. The highest BCUT2D eigenvalue weighted by atomic mass is 32.2. The van der Waals surface area contributed by atoms with E-state index in [9.17, 15) is 8.42 Å². The van der Waals surface area contributed by atoms with Gasteiger partial charge in [-0.2, -0.15) is 9.29 Å². The molecule has 1 aliphatic heterocycles. The third-order valence-corrected chi connectivity index (χ3v) is 5.33. The summed E-state index contributed by atoms with van der Waals surface area (Å²) in [5.74, 6) is 0.909. The van der Waals surface area contributed by atoms with Crippen LogP contribution in [0.2, 0.25) is 0 Å². The first-order chi connectivity index (χ1) is 10.0. The van der Waals surface area contributed by atoms with Gasteiger partial charge in [0.1, 0.15) is 6.10 Å². The van der Waals surface area contributed by atoms with Crippen molar-refractivity contribution in [3.05, 3.63) is 12.4 Å². The summed E-state index contributed by atoms with van der Waals surface area (Å²) in [5, 5.41) is 0. The van der Waals surface area contributed by atoms with E-state index in [0.717, 1.165) is 12.8 Å². The number of sulfonamides is 1. The van der Waals surface area contributed by atoms with Gasteiger partial charge in [-0.1, -0.05) is 6.92 Å². The van der Waals surface area contributed by atoms with Crippen molar-refractivity contribution in [1.82, 2.24) is 14.3 Å². The molecular formula is C13H21N3O4S. The van der Waals surface area contributed by atoms with E-state index in [0.29, 0.717) is 31.3 Å². The predicted octanol–water partition coefficient (Wildman–Crippen LogP) is 1.07. The van der Waals surface area contributed by atoms with Gasteiger partial charge in [-0.05, 0) is 19.3 Å². The average molecular weight is 315 g/mol. The van der Waals surface area contributed by atoms with Gasteiger partial charge in [-0.25, -0.2) is 8.42 Å². The fourth-order valence-corrected chi connectivity index (χ4v) is 3.87. The van der Waals surface area contributed by atoms with Gasteiger partial charge < -0.3 is 9.47 Å². The first-order valence-electron chi connectivity index (χ1n) is 7.05. The lowest BCUT2D eigenvalue weighted by Gasteiger charge is -2.31. The number of rotatable bonds is 6. The SMILES string of the molecule is CCCS(=O)(=O)N1CCCC(Oc2cncc(OC)n2)C1. The molecule has 1 unspecified atom stereocenters. The molecule has 0 N–H and O–H groups in total. The van der Waals surface area contributed by atoms with E-state index in [1.807, 2.05) is 6.92 Å². The van der Waals surface area contributed by atoms with Crippen molar-refractivity contribution < 1.29 is 17.9 Å². The van der Waals surface area contributed by atoms with Crippen LogP contribution in [0.1, 0.15) is 26.2 Å². The standard InChI is InChI=1S/C13H21N3O4S/c1-3-7-21(17,18)16-6-4-5-11(10-16)20-13-9-14-8-12(15-13)19-2/h8-9,11H,3-7,10H2,1-2H3. The molecule has 0 bridgehead atoms. The molecular weight excluding hydrogens is 294 g/mol. The highest BCUT2D eigenvalue weighted by Crippen LogP contribution is 2.20. The summed E-state index contributed by atoms with van der Waals surface area (Å²) in [7, 11) is -1.67. The fourth-order valence-electron chi connectivity index (χ4n) is 2.30. The lowest BCUT2D eigenvalue weighted by atomic mass is 10.1. The number of hydrogen-bond donors (Lipinski definition) is 0. The number of aromatic nitrogens is 2. The van der Waals surface area contributed by atoms with E-state index < -0.39 is 10.0 Å². The van der Waals surface area contributed by atoms with Crippen LogP contribution in [0.5, 0.6) is 11.8 Å². The first-order valence-corrected chi connectivity index (χ1v) is 8.66. The summed E-state index contributed by atoms with van der Waals surface area (Å²) in [6, 6.07) is 0. The number of nitrogens with zero attached hydrogens (tertiary/aromatic N) is 3. The Morgan fingerprint density at radius 2 is 2.14 bits per heavy atom. The Labute approximate surface area is 125 Å². The topological polar surface area (TPSA) is 81.6 Å². The van der Waals surface area contributed by atoms with Crippen molar-refractivity contribution in [3.8, 4) is 11.8 Å². The maximum atomic E-state index is 12.1. The van der Waals surface area contributed by atoms with E-state index >= 15 is 0 Å². The molecule has 0 spiro atoms. The highest BCUT2D eigenvalue weighted by Gasteiger charge is 2.29. The van der Waals surface area contributed by atoms with Crippen molar-refractivity contribution >= 4 is 10.0 Å². The maximum Gasteiger partial charge on any atom is 0.235 e. The minimum Gasteiger partial charge on any atom is -0.480 e. The van der Waals surface area contributed by atoms with Gasteiger partial charge >= 0.3 is 0 Å². The van der Waals surface area contributed by atoms with Crippen molar-refractivity contribution in [3.63, 3.8) is 0 Å². The zero-order valence-electron chi connectivity index (χ0n) is 12.4. The molecule has 2 rings (SSSR count). The normalized spacial score (nSPS) is 20.2. The van der Waals surface area contributed by atoms with E-state index in [2.05, 4.69) is 9.97 Å². The van der Waals surface area contributed by atoms with Gasteiger partial charge in [0, 0.05) is 6.54 Å². The average Bonchev–Trinajstić information content (AvgIpc) is 2.48. The second-order valence-corrected chi connectivity index (χ2v) is 7.04. The van der Waals surface area contributed by atoms with Gasteiger partial charge in [0.05, 0.1) is 31.8 Å². The van der Waals surface area contributed by atoms with Crippen LogP contribution in [0.4, 0.5) is 0 Å². The summed E-state index contributed by atoms with van der Waals surface area (Å²) in [6.45, 7) is 2.79. The molecule has 1 saturated heterocycles. The summed E-state index contributed by atoms with van der Waals surface area (Å²) in [5.41, 5.74) is 0. The third-order valence-electron chi connectivity index (χ3n) is 3.28. The lowest BCUT2D eigenvalue weighted by Crippen LogP contribution is -2.45. The summed E-state index contributed by atoms with van der Waals surface area (Å²) < 4.78 is 36.5. The Kier molecular flexibility index (Phi) is 5.35. The van der Waals surface area contributed by atoms with Crippen LogP contribution in [-0.2, 0) is 10.0 Å². The molecule has 2 heterocycles. The maximum absolute atomic E-state index is 12.1. The van der Waals surface area contributed by atoms with E-state index in [4.69, 9.17) is 9.47 Å². The Hall–Kier alpha value is -1.41. The minimum atomic E-state index is -3.18. The minimum absolute atomic E-state index is 0.179. The van der Waals surface area contributed by atoms with Crippen molar-refractivity contribution in [2.45, 2.75) is 32.3 Å². The van der Waals surface area contributed by atoms with E-state index in [1.165, 1.54) is 23.8 Å².